The largest absolute Gasteiger partial charge is 0.500 e. The molecule has 1 aromatic heterocycles. The van der Waals surface area contributed by atoms with Gasteiger partial charge in [0.25, 0.3) is 5.56 Å². The van der Waals surface area contributed by atoms with Gasteiger partial charge < -0.3 is 19.1 Å². The smallest absolute Gasteiger partial charge is 0.297 e. The number of rotatable bonds is 13. The van der Waals surface area contributed by atoms with Gasteiger partial charge in [0, 0.05) is 18.0 Å². The Hall–Kier alpha value is -2.17. The van der Waals surface area contributed by atoms with Crippen LogP contribution in [0.3, 0.4) is 0 Å². The Balaban J connectivity index is 2.44. The molecular formula is C23H35NO4. The predicted molar refractivity (Wildman–Crippen MR) is 115 cm³/mol. The number of aromatic hydroxyl groups is 1. The van der Waals surface area contributed by atoms with E-state index in [2.05, 4.69) is 20.8 Å². The summed E-state index contributed by atoms with van der Waals surface area (Å²) in [5.74, 6) is 0.741. The number of aryl methyl sites for hydroxylation is 1. The molecule has 0 aliphatic rings. The topological polar surface area (TPSA) is 60.7 Å². The molecule has 0 spiro atoms. The molecule has 0 atom stereocenters. The fourth-order valence-electron chi connectivity index (χ4n) is 3.20. The summed E-state index contributed by atoms with van der Waals surface area (Å²) in [4.78, 5) is 12.9. The number of pyridine rings is 1. The second-order valence-electron chi connectivity index (χ2n) is 7.28. The number of fused-ring (bicyclic) bond motifs is 1. The average Bonchev–Trinajstić information content (AvgIpc) is 2.70. The minimum absolute atomic E-state index is 0.290. The number of hydrogen-bond acceptors (Lipinski definition) is 4. The lowest BCUT2D eigenvalue weighted by Gasteiger charge is -2.17. The standard InChI is InChI=1S/C23H35NO4/c1-4-7-10-11-14-24-20-17-18(27-15-8-5-2)12-13-19(20)22(21(25)23(24)26)28-16-9-6-3/h12-13,17,25H,4-11,14-16H2,1-3H3. The zero-order chi connectivity index (χ0) is 20.4. The molecule has 0 saturated carbocycles. The summed E-state index contributed by atoms with van der Waals surface area (Å²) in [6, 6.07) is 5.67. The normalized spacial score (nSPS) is 11.1. The van der Waals surface area contributed by atoms with E-state index in [-0.39, 0.29) is 11.3 Å². The molecule has 0 aliphatic heterocycles. The van der Waals surface area contributed by atoms with Gasteiger partial charge >= 0.3 is 0 Å². The van der Waals surface area contributed by atoms with Crippen LogP contribution in [0.4, 0.5) is 0 Å². The average molecular weight is 390 g/mol. The van der Waals surface area contributed by atoms with E-state index < -0.39 is 0 Å². The first-order valence-electron chi connectivity index (χ1n) is 10.8. The number of hydrogen-bond donors (Lipinski definition) is 1. The number of unbranched alkanes of at least 4 members (excludes halogenated alkanes) is 5. The van der Waals surface area contributed by atoms with Gasteiger partial charge in [-0.3, -0.25) is 4.79 Å². The summed E-state index contributed by atoms with van der Waals surface area (Å²) in [6.45, 7) is 8.08. The van der Waals surface area contributed by atoms with Crippen molar-refractivity contribution in [3.05, 3.63) is 28.6 Å². The zero-order valence-electron chi connectivity index (χ0n) is 17.6. The predicted octanol–water partition coefficient (Wildman–Crippen LogP) is 5.65. The molecule has 1 N–H and O–H groups in total. The molecule has 5 nitrogen and oxygen atoms in total. The van der Waals surface area contributed by atoms with Crippen molar-refractivity contribution in [1.82, 2.24) is 4.57 Å². The molecular weight excluding hydrogens is 354 g/mol. The van der Waals surface area contributed by atoms with Crippen LogP contribution in [-0.2, 0) is 6.54 Å². The first-order valence-corrected chi connectivity index (χ1v) is 10.8. The highest BCUT2D eigenvalue weighted by Crippen LogP contribution is 2.34. The summed E-state index contributed by atoms with van der Waals surface area (Å²) >= 11 is 0. The number of aromatic nitrogens is 1. The van der Waals surface area contributed by atoms with Crippen LogP contribution < -0.4 is 15.0 Å². The van der Waals surface area contributed by atoms with Gasteiger partial charge in [-0.15, -0.1) is 0 Å². The summed E-state index contributed by atoms with van der Waals surface area (Å²) in [6.07, 6.45) is 8.17. The quantitative estimate of drug-likeness (QED) is 0.450. The van der Waals surface area contributed by atoms with Crippen molar-refractivity contribution in [3.8, 4) is 17.2 Å². The Labute approximate surface area is 168 Å². The van der Waals surface area contributed by atoms with Crippen LogP contribution in [0, 0.1) is 0 Å². The Bertz CT molecular complexity index is 797. The van der Waals surface area contributed by atoms with Crippen molar-refractivity contribution in [2.24, 2.45) is 0 Å². The fraction of sp³-hybridized carbons (Fsp3) is 0.609. The molecule has 156 valence electrons. The highest BCUT2D eigenvalue weighted by Gasteiger charge is 2.18. The molecule has 0 bridgehead atoms. The van der Waals surface area contributed by atoms with Gasteiger partial charge in [0.2, 0.25) is 5.75 Å². The third kappa shape index (κ3) is 5.66. The lowest BCUT2D eigenvalue weighted by Crippen LogP contribution is -2.21. The van der Waals surface area contributed by atoms with Crippen molar-refractivity contribution in [2.45, 2.75) is 78.7 Å². The number of nitrogens with zero attached hydrogens (tertiary/aromatic N) is 1. The second-order valence-corrected chi connectivity index (χ2v) is 7.28. The maximum absolute atomic E-state index is 12.9. The second kappa shape index (κ2) is 11.6. The molecule has 0 unspecified atom stereocenters. The fourth-order valence-corrected chi connectivity index (χ4v) is 3.20. The highest BCUT2D eigenvalue weighted by atomic mass is 16.5. The molecule has 0 aliphatic carbocycles. The van der Waals surface area contributed by atoms with Crippen LogP contribution in [0.25, 0.3) is 10.9 Å². The maximum Gasteiger partial charge on any atom is 0.297 e. The van der Waals surface area contributed by atoms with Crippen molar-refractivity contribution in [2.75, 3.05) is 13.2 Å². The van der Waals surface area contributed by atoms with Crippen molar-refractivity contribution in [1.29, 1.82) is 0 Å². The van der Waals surface area contributed by atoms with Gasteiger partial charge in [-0.1, -0.05) is 52.9 Å². The lowest BCUT2D eigenvalue weighted by molar-refractivity contribution is 0.293. The van der Waals surface area contributed by atoms with E-state index in [1.54, 1.807) is 4.57 Å². The van der Waals surface area contributed by atoms with E-state index in [1.807, 2.05) is 18.2 Å². The van der Waals surface area contributed by atoms with Crippen LogP contribution in [-0.4, -0.2) is 22.9 Å². The van der Waals surface area contributed by atoms with Gasteiger partial charge in [0.1, 0.15) is 5.75 Å². The zero-order valence-corrected chi connectivity index (χ0v) is 17.6. The monoisotopic (exact) mass is 389 g/mol. The van der Waals surface area contributed by atoms with Crippen LogP contribution >= 0.6 is 0 Å². The van der Waals surface area contributed by atoms with Crippen molar-refractivity contribution in [3.63, 3.8) is 0 Å². The number of ether oxygens (including phenoxy) is 2. The third-order valence-electron chi connectivity index (χ3n) is 4.91. The van der Waals surface area contributed by atoms with E-state index >= 15 is 0 Å². The minimum atomic E-state index is -0.388. The molecule has 5 heteroatoms. The number of benzene rings is 1. The van der Waals surface area contributed by atoms with E-state index in [4.69, 9.17) is 9.47 Å². The maximum atomic E-state index is 12.9. The highest BCUT2D eigenvalue weighted by molar-refractivity contribution is 5.88. The lowest BCUT2D eigenvalue weighted by atomic mass is 10.1. The molecule has 2 rings (SSSR count). The molecule has 1 heterocycles. The summed E-state index contributed by atoms with van der Waals surface area (Å²) < 4.78 is 13.3. The van der Waals surface area contributed by atoms with Crippen molar-refractivity contribution < 1.29 is 14.6 Å². The van der Waals surface area contributed by atoms with Crippen LogP contribution in [0.1, 0.15) is 72.1 Å². The van der Waals surface area contributed by atoms with E-state index in [1.165, 1.54) is 0 Å². The van der Waals surface area contributed by atoms with E-state index in [0.29, 0.717) is 25.5 Å². The third-order valence-corrected chi connectivity index (χ3v) is 4.91. The summed E-state index contributed by atoms with van der Waals surface area (Å²) in [5.41, 5.74) is 0.376. The molecule has 28 heavy (non-hydrogen) atoms. The first kappa shape index (κ1) is 22.1. The molecule has 0 amide bonds. The Morgan fingerprint density at radius 3 is 2.25 bits per heavy atom. The Morgan fingerprint density at radius 2 is 1.57 bits per heavy atom. The molecule has 0 saturated heterocycles. The first-order chi connectivity index (χ1) is 13.6. The van der Waals surface area contributed by atoms with Gasteiger partial charge in [0.05, 0.1) is 18.7 Å². The molecule has 2 aromatic rings. The van der Waals surface area contributed by atoms with Gasteiger partial charge in [-0.25, -0.2) is 0 Å². The Kier molecular flexibility index (Phi) is 9.18. The molecule has 0 fully saturated rings. The minimum Gasteiger partial charge on any atom is -0.500 e. The SMILES string of the molecule is CCCCCCn1c(=O)c(O)c(OCCCC)c2ccc(OCCCC)cc21. The van der Waals surface area contributed by atoms with Gasteiger partial charge in [0.15, 0.2) is 5.75 Å². The van der Waals surface area contributed by atoms with Crippen LogP contribution in [0.15, 0.2) is 23.0 Å². The Morgan fingerprint density at radius 1 is 0.893 bits per heavy atom. The van der Waals surface area contributed by atoms with Crippen LogP contribution in [0.5, 0.6) is 17.2 Å². The van der Waals surface area contributed by atoms with Gasteiger partial charge in [-0.05, 0) is 31.4 Å². The van der Waals surface area contributed by atoms with Gasteiger partial charge in [-0.2, -0.15) is 0 Å². The molecule has 1 aromatic carbocycles. The molecule has 0 radical (unpaired) electrons. The summed E-state index contributed by atoms with van der Waals surface area (Å²) in [7, 11) is 0. The summed E-state index contributed by atoms with van der Waals surface area (Å²) in [5, 5.41) is 11.3. The van der Waals surface area contributed by atoms with E-state index in [0.717, 1.165) is 68.0 Å². The van der Waals surface area contributed by atoms with E-state index in [9.17, 15) is 9.90 Å². The van der Waals surface area contributed by atoms with Crippen LogP contribution in [0.2, 0.25) is 0 Å². The van der Waals surface area contributed by atoms with Crippen molar-refractivity contribution >= 4 is 10.9 Å².